The number of aryl methyl sites for hydroxylation is 1. The highest BCUT2D eigenvalue weighted by Crippen LogP contribution is 2.29. The topological polar surface area (TPSA) is 112 Å². The van der Waals surface area contributed by atoms with Gasteiger partial charge in [-0.25, -0.2) is 0 Å². The van der Waals surface area contributed by atoms with Crippen molar-refractivity contribution in [1.82, 2.24) is 10.2 Å². The summed E-state index contributed by atoms with van der Waals surface area (Å²) < 4.78 is 7.74. The number of para-hydroxylation sites is 1. The van der Waals surface area contributed by atoms with Crippen LogP contribution >= 0.6 is 28.1 Å². The zero-order valence-electron chi connectivity index (χ0n) is 21.3. The van der Waals surface area contributed by atoms with Crippen LogP contribution in [0, 0.1) is 0 Å². The van der Waals surface area contributed by atoms with Crippen LogP contribution in [0.15, 0.2) is 93.9 Å². The summed E-state index contributed by atoms with van der Waals surface area (Å²) in [5.74, 6) is -0.954. The van der Waals surface area contributed by atoms with Gasteiger partial charge in [-0.3, -0.25) is 29.1 Å². The van der Waals surface area contributed by atoms with Crippen LogP contribution in [0.5, 0.6) is 0 Å². The van der Waals surface area contributed by atoms with Gasteiger partial charge >= 0.3 is 5.88 Å². The van der Waals surface area contributed by atoms with E-state index < -0.39 is 6.04 Å². The van der Waals surface area contributed by atoms with Gasteiger partial charge in [0.15, 0.2) is 12.2 Å². The molecule has 1 aliphatic rings. The first kappa shape index (κ1) is 27.2. The first-order valence-electron chi connectivity index (χ1n) is 12.3. The van der Waals surface area contributed by atoms with Crippen molar-refractivity contribution >= 4 is 68.2 Å². The molecule has 10 nitrogen and oxygen atoms in total. The van der Waals surface area contributed by atoms with Crippen molar-refractivity contribution < 1.29 is 23.6 Å². The molecular weight excluding hydrogens is 596 g/mol. The van der Waals surface area contributed by atoms with Gasteiger partial charge in [-0.1, -0.05) is 52.3 Å². The van der Waals surface area contributed by atoms with Crippen molar-refractivity contribution in [3.05, 3.63) is 101 Å². The van der Waals surface area contributed by atoms with Crippen molar-refractivity contribution in [2.45, 2.75) is 19.0 Å². The molecule has 0 aliphatic carbocycles. The third-order valence-electron chi connectivity index (χ3n) is 6.33. The molecule has 2 N–H and O–H groups in total. The predicted molar refractivity (Wildman–Crippen MR) is 155 cm³/mol. The number of rotatable bonds is 8. The number of thiocarbonyl (C=S) groups is 1. The van der Waals surface area contributed by atoms with Gasteiger partial charge in [-0.05, 0) is 65.4 Å². The summed E-state index contributed by atoms with van der Waals surface area (Å²) >= 11 is 9.14. The quantitative estimate of drug-likeness (QED) is 0.226. The summed E-state index contributed by atoms with van der Waals surface area (Å²) in [6.45, 7) is 0.0501. The number of aromatic nitrogens is 2. The lowest BCUT2D eigenvalue weighted by Crippen LogP contribution is -2.43. The second-order valence-electron chi connectivity index (χ2n) is 8.99. The second-order valence-corrected chi connectivity index (χ2v) is 10.3. The lowest BCUT2D eigenvalue weighted by molar-refractivity contribution is -0.746. The van der Waals surface area contributed by atoms with E-state index >= 15 is 0 Å². The number of carbonyl (C=O) groups excluding carboxylic acids is 3. The minimum absolute atomic E-state index is 0.0501. The Morgan fingerprint density at radius 3 is 2.33 bits per heavy atom. The molecule has 5 rings (SSSR count). The largest absolute Gasteiger partial charge is 0.326 e. The molecule has 0 radical (unpaired) electrons. The van der Waals surface area contributed by atoms with Gasteiger partial charge in [0.2, 0.25) is 11.2 Å². The van der Waals surface area contributed by atoms with Crippen LogP contribution in [0.1, 0.15) is 22.5 Å². The summed E-state index contributed by atoms with van der Waals surface area (Å²) in [6, 6.07) is 23.9. The number of anilines is 3. The molecule has 1 unspecified atom stereocenters. The Hall–Kier alpha value is -4.42. The first-order valence-corrected chi connectivity index (χ1v) is 13.5. The van der Waals surface area contributed by atoms with E-state index in [9.17, 15) is 14.4 Å². The van der Waals surface area contributed by atoms with Crippen molar-refractivity contribution in [3.63, 3.8) is 0 Å². The molecule has 1 saturated heterocycles. The van der Waals surface area contributed by atoms with E-state index in [2.05, 4.69) is 31.8 Å². The van der Waals surface area contributed by atoms with Crippen LogP contribution in [0.3, 0.4) is 0 Å². The van der Waals surface area contributed by atoms with Crippen molar-refractivity contribution in [1.29, 1.82) is 0 Å². The SMILES string of the molecule is C[n+]1noc(NC(=O)c2ccccc2)c1CN1C(=S)N(c2ccccc2)C(=O)C1CC(=O)Nc1ccc(Br)cc1. The Morgan fingerprint density at radius 2 is 1.65 bits per heavy atom. The molecule has 0 spiro atoms. The van der Waals surface area contributed by atoms with E-state index in [0.29, 0.717) is 22.6 Å². The highest BCUT2D eigenvalue weighted by Gasteiger charge is 2.46. The van der Waals surface area contributed by atoms with E-state index in [1.54, 1.807) is 72.6 Å². The van der Waals surface area contributed by atoms with E-state index in [1.165, 1.54) is 9.58 Å². The Morgan fingerprint density at radius 1 is 1.00 bits per heavy atom. The van der Waals surface area contributed by atoms with Gasteiger partial charge in [-0.15, -0.1) is 0 Å². The van der Waals surface area contributed by atoms with Gasteiger partial charge in [0.05, 0.1) is 12.1 Å². The van der Waals surface area contributed by atoms with Crippen LogP contribution < -0.4 is 20.2 Å². The lowest BCUT2D eigenvalue weighted by Gasteiger charge is -2.22. The van der Waals surface area contributed by atoms with Gasteiger partial charge in [0.25, 0.3) is 17.5 Å². The monoisotopic (exact) mass is 619 g/mol. The molecule has 1 aliphatic heterocycles. The number of hydrogen-bond acceptors (Lipinski definition) is 6. The van der Waals surface area contributed by atoms with Crippen molar-refractivity contribution in [3.8, 4) is 0 Å². The molecule has 2 heterocycles. The molecule has 40 heavy (non-hydrogen) atoms. The maximum atomic E-state index is 13.7. The Balaban J connectivity index is 1.42. The van der Waals surface area contributed by atoms with Gasteiger partial charge in [-0.2, -0.15) is 0 Å². The molecule has 3 aromatic carbocycles. The number of nitrogens with zero attached hydrogens (tertiary/aromatic N) is 4. The molecule has 1 aromatic heterocycles. The molecular formula is C28H24BrN6O4S+. The Kier molecular flexibility index (Phi) is 7.99. The molecule has 12 heteroatoms. The van der Waals surface area contributed by atoms with Gasteiger partial charge < -0.3 is 10.2 Å². The smallest absolute Gasteiger partial charge is 0.307 e. The van der Waals surface area contributed by atoms with E-state index in [-0.39, 0.29) is 41.7 Å². The zero-order chi connectivity index (χ0) is 28.2. The minimum Gasteiger partial charge on any atom is -0.326 e. The fourth-order valence-corrected chi connectivity index (χ4v) is 4.95. The molecule has 0 saturated carbocycles. The predicted octanol–water partition coefficient (Wildman–Crippen LogP) is 4.05. The molecule has 3 amide bonds. The fourth-order valence-electron chi connectivity index (χ4n) is 4.30. The Bertz CT molecular complexity index is 1560. The van der Waals surface area contributed by atoms with Crippen molar-refractivity contribution in [2.24, 2.45) is 7.05 Å². The van der Waals surface area contributed by atoms with Gasteiger partial charge in [0, 0.05) is 15.7 Å². The Labute approximate surface area is 243 Å². The molecule has 202 valence electrons. The number of halogens is 1. The number of benzene rings is 3. The first-order chi connectivity index (χ1) is 19.3. The van der Waals surface area contributed by atoms with Crippen LogP contribution in [-0.4, -0.2) is 39.0 Å². The minimum atomic E-state index is -0.907. The van der Waals surface area contributed by atoms with Gasteiger partial charge in [0.1, 0.15) is 12.6 Å². The number of amides is 3. The third kappa shape index (κ3) is 5.77. The summed E-state index contributed by atoms with van der Waals surface area (Å²) in [4.78, 5) is 42.7. The standard InChI is InChI=1S/C28H23BrN6O4S/c1-33-23(26(39-32-33)31-25(37)18-8-4-2-5-9-18)17-34-22(16-24(36)30-20-14-12-19(29)13-15-20)27(38)35(28(34)40)21-10-6-3-7-11-21/h2-15,22H,16-17H2,1H3,(H-,30,31,32,36,37)/p+1. The maximum Gasteiger partial charge on any atom is 0.307 e. The van der Waals surface area contributed by atoms with Crippen LogP contribution in [0.4, 0.5) is 17.3 Å². The second kappa shape index (κ2) is 11.8. The number of hydrogen-bond donors (Lipinski definition) is 2. The average Bonchev–Trinajstić information content (AvgIpc) is 3.41. The van der Waals surface area contributed by atoms with Crippen LogP contribution in [-0.2, 0) is 23.2 Å². The normalized spacial score (nSPS) is 14.9. The highest BCUT2D eigenvalue weighted by molar-refractivity contribution is 9.10. The fraction of sp³-hybridized carbons (Fsp3) is 0.143. The number of nitrogens with one attached hydrogen (secondary N) is 2. The average molecular weight is 621 g/mol. The molecule has 1 fully saturated rings. The van der Waals surface area contributed by atoms with E-state index in [1.807, 2.05) is 24.3 Å². The highest BCUT2D eigenvalue weighted by atomic mass is 79.9. The van der Waals surface area contributed by atoms with Crippen molar-refractivity contribution in [2.75, 3.05) is 15.5 Å². The summed E-state index contributed by atoms with van der Waals surface area (Å²) in [5, 5.41) is 9.75. The summed E-state index contributed by atoms with van der Waals surface area (Å²) in [7, 11) is 1.65. The van der Waals surface area contributed by atoms with Crippen LogP contribution in [0.2, 0.25) is 0 Å². The molecule has 4 aromatic rings. The third-order valence-corrected chi connectivity index (χ3v) is 7.28. The van der Waals surface area contributed by atoms with Crippen LogP contribution in [0.25, 0.3) is 0 Å². The summed E-state index contributed by atoms with van der Waals surface area (Å²) in [6.07, 6.45) is -0.154. The number of carbonyl (C=O) groups is 3. The van der Waals surface area contributed by atoms with E-state index in [0.717, 1.165) is 4.47 Å². The lowest BCUT2D eigenvalue weighted by atomic mass is 10.1. The zero-order valence-corrected chi connectivity index (χ0v) is 23.7. The summed E-state index contributed by atoms with van der Waals surface area (Å²) in [5.41, 5.74) is 2.10. The van der Waals surface area contributed by atoms with E-state index in [4.69, 9.17) is 16.7 Å². The maximum absolute atomic E-state index is 13.7. The molecule has 0 bridgehead atoms. The molecule has 1 atom stereocenters.